The molecule has 0 aliphatic heterocycles. The van der Waals surface area contributed by atoms with E-state index in [9.17, 15) is 18.0 Å². The fraction of sp³-hybridized carbons (Fsp3) is 0.100. The molecule has 0 aliphatic rings. The van der Waals surface area contributed by atoms with Gasteiger partial charge in [0.25, 0.3) is 5.91 Å². The number of amides is 1. The lowest BCUT2D eigenvalue weighted by molar-refractivity contribution is -0.137. The van der Waals surface area contributed by atoms with Crippen LogP contribution in [0.25, 0.3) is 22.3 Å². The zero-order valence-corrected chi connectivity index (χ0v) is 15.1. The van der Waals surface area contributed by atoms with Gasteiger partial charge in [0.15, 0.2) is 5.82 Å². The number of carbonyl (C=O) groups is 1. The van der Waals surface area contributed by atoms with Gasteiger partial charge in [0.05, 0.1) is 11.1 Å². The molecular formula is C20H14F3N5O. The molecule has 0 saturated heterocycles. The van der Waals surface area contributed by atoms with Gasteiger partial charge in [-0.05, 0) is 55.0 Å². The van der Waals surface area contributed by atoms with Gasteiger partial charge in [0, 0.05) is 29.0 Å². The third-order valence-corrected chi connectivity index (χ3v) is 4.39. The van der Waals surface area contributed by atoms with Crippen molar-refractivity contribution in [2.45, 2.75) is 13.1 Å². The molecule has 0 unspecified atom stereocenters. The summed E-state index contributed by atoms with van der Waals surface area (Å²) in [6, 6.07) is 10.2. The molecular weight excluding hydrogens is 383 g/mol. The Morgan fingerprint density at radius 2 is 1.93 bits per heavy atom. The standard InChI is InChI=1S/C20H14F3N5O/c1-11-8-12(2-4-15(11)27-19(29)17-6-7-25-28-17)18-24-10-13-9-14(20(21,22)23)3-5-16(13)26-18/h2-10H,1H3,(H,25,28)(H,27,29). The van der Waals surface area contributed by atoms with E-state index in [-0.39, 0.29) is 5.91 Å². The van der Waals surface area contributed by atoms with Gasteiger partial charge >= 0.3 is 6.18 Å². The summed E-state index contributed by atoms with van der Waals surface area (Å²) >= 11 is 0. The second-order valence-electron chi connectivity index (χ2n) is 6.42. The number of hydrogen-bond acceptors (Lipinski definition) is 4. The van der Waals surface area contributed by atoms with Crippen LogP contribution >= 0.6 is 0 Å². The minimum Gasteiger partial charge on any atom is -0.320 e. The average molecular weight is 397 g/mol. The van der Waals surface area contributed by atoms with Gasteiger partial charge < -0.3 is 5.32 Å². The predicted molar refractivity (Wildman–Crippen MR) is 101 cm³/mol. The molecule has 1 amide bonds. The van der Waals surface area contributed by atoms with Gasteiger partial charge in [-0.25, -0.2) is 9.97 Å². The van der Waals surface area contributed by atoms with Gasteiger partial charge in [-0.15, -0.1) is 0 Å². The molecule has 0 atom stereocenters. The van der Waals surface area contributed by atoms with E-state index >= 15 is 0 Å². The minimum absolute atomic E-state index is 0.309. The lowest BCUT2D eigenvalue weighted by Crippen LogP contribution is -2.13. The molecule has 0 saturated carbocycles. The number of hydrogen-bond donors (Lipinski definition) is 2. The maximum atomic E-state index is 12.8. The summed E-state index contributed by atoms with van der Waals surface area (Å²) in [5.74, 6) is 0.0626. The number of halogens is 3. The van der Waals surface area contributed by atoms with E-state index in [1.807, 2.05) is 6.92 Å². The molecule has 9 heteroatoms. The fourth-order valence-corrected chi connectivity index (χ4v) is 2.86. The number of aromatic amines is 1. The molecule has 0 fully saturated rings. The smallest absolute Gasteiger partial charge is 0.320 e. The van der Waals surface area contributed by atoms with E-state index in [1.54, 1.807) is 24.3 Å². The summed E-state index contributed by atoms with van der Waals surface area (Å²) in [5, 5.41) is 9.42. The quantitative estimate of drug-likeness (QED) is 0.529. The Kier molecular flexibility index (Phi) is 4.50. The highest BCUT2D eigenvalue weighted by atomic mass is 19.4. The molecule has 4 aromatic rings. The van der Waals surface area contributed by atoms with E-state index in [4.69, 9.17) is 0 Å². The Bertz CT molecular complexity index is 1200. The van der Waals surface area contributed by atoms with E-state index in [0.717, 1.165) is 17.7 Å². The topological polar surface area (TPSA) is 83.6 Å². The van der Waals surface area contributed by atoms with Crippen LogP contribution in [0.4, 0.5) is 18.9 Å². The highest BCUT2D eigenvalue weighted by Gasteiger charge is 2.30. The maximum Gasteiger partial charge on any atom is 0.416 e. The SMILES string of the molecule is Cc1cc(-c2ncc3cc(C(F)(F)F)ccc3n2)ccc1NC(=O)c1ccn[nH]1. The second-order valence-corrected chi connectivity index (χ2v) is 6.42. The number of aryl methyl sites for hydroxylation is 1. The second kappa shape index (κ2) is 7.01. The molecule has 2 aromatic heterocycles. The lowest BCUT2D eigenvalue weighted by Gasteiger charge is -2.10. The molecule has 4 rings (SSSR count). The van der Waals surface area contributed by atoms with Crippen molar-refractivity contribution < 1.29 is 18.0 Å². The first-order valence-corrected chi connectivity index (χ1v) is 8.57. The zero-order chi connectivity index (χ0) is 20.6. The Balaban J connectivity index is 1.62. The van der Waals surface area contributed by atoms with Crippen molar-refractivity contribution in [2.24, 2.45) is 0 Å². The molecule has 6 nitrogen and oxygen atoms in total. The number of anilines is 1. The summed E-state index contributed by atoms with van der Waals surface area (Å²) in [4.78, 5) is 20.7. The van der Waals surface area contributed by atoms with Crippen LogP contribution < -0.4 is 5.32 Å². The van der Waals surface area contributed by atoms with Crippen LogP contribution in [0.1, 0.15) is 21.6 Å². The first kappa shape index (κ1) is 18.6. The summed E-state index contributed by atoms with van der Waals surface area (Å²) in [6.45, 7) is 1.82. The summed E-state index contributed by atoms with van der Waals surface area (Å²) in [6.07, 6.45) is -1.56. The maximum absolute atomic E-state index is 12.8. The normalized spacial score (nSPS) is 11.6. The first-order valence-electron chi connectivity index (χ1n) is 8.57. The summed E-state index contributed by atoms with van der Waals surface area (Å²) < 4.78 is 38.5. The Hall–Kier alpha value is -3.75. The number of alkyl halides is 3. The van der Waals surface area contributed by atoms with Crippen molar-refractivity contribution in [1.82, 2.24) is 20.2 Å². The number of H-pyrrole nitrogens is 1. The molecule has 0 aliphatic carbocycles. The zero-order valence-electron chi connectivity index (χ0n) is 15.1. The largest absolute Gasteiger partial charge is 0.416 e. The van der Waals surface area contributed by atoms with Gasteiger partial charge in [0.1, 0.15) is 5.69 Å². The molecule has 2 aromatic carbocycles. The number of rotatable bonds is 3. The number of fused-ring (bicyclic) bond motifs is 1. The van der Waals surface area contributed by atoms with Crippen LogP contribution in [0.15, 0.2) is 54.9 Å². The van der Waals surface area contributed by atoms with Crippen LogP contribution in [-0.2, 0) is 6.18 Å². The first-order chi connectivity index (χ1) is 13.8. The third-order valence-electron chi connectivity index (χ3n) is 4.39. The predicted octanol–water partition coefficient (Wildman–Crippen LogP) is 4.60. The Morgan fingerprint density at radius 3 is 2.62 bits per heavy atom. The minimum atomic E-state index is -4.42. The Morgan fingerprint density at radius 1 is 1.10 bits per heavy atom. The number of aromatic nitrogens is 4. The average Bonchev–Trinajstić information content (AvgIpc) is 3.23. The highest BCUT2D eigenvalue weighted by molar-refractivity contribution is 6.03. The fourth-order valence-electron chi connectivity index (χ4n) is 2.86. The van der Waals surface area contributed by atoms with Crippen LogP contribution in [0.5, 0.6) is 0 Å². The van der Waals surface area contributed by atoms with Gasteiger partial charge in [0.2, 0.25) is 0 Å². The van der Waals surface area contributed by atoms with E-state index in [0.29, 0.717) is 33.7 Å². The monoisotopic (exact) mass is 397 g/mol. The molecule has 2 heterocycles. The molecule has 0 bridgehead atoms. The number of nitrogens with zero attached hydrogens (tertiary/aromatic N) is 3. The van der Waals surface area contributed by atoms with Crippen molar-refractivity contribution in [3.05, 3.63) is 71.7 Å². The summed E-state index contributed by atoms with van der Waals surface area (Å²) in [7, 11) is 0. The number of carbonyl (C=O) groups excluding carboxylic acids is 1. The van der Waals surface area contributed by atoms with Crippen LogP contribution in [0.2, 0.25) is 0 Å². The molecule has 29 heavy (non-hydrogen) atoms. The third kappa shape index (κ3) is 3.79. The summed E-state index contributed by atoms with van der Waals surface area (Å²) in [5.41, 5.74) is 2.09. The van der Waals surface area contributed by atoms with Gasteiger partial charge in [-0.1, -0.05) is 0 Å². The molecule has 146 valence electrons. The van der Waals surface area contributed by atoms with Crippen molar-refractivity contribution >= 4 is 22.5 Å². The van der Waals surface area contributed by atoms with Crippen molar-refractivity contribution in [3.63, 3.8) is 0 Å². The van der Waals surface area contributed by atoms with Crippen molar-refractivity contribution in [2.75, 3.05) is 5.32 Å². The lowest BCUT2D eigenvalue weighted by atomic mass is 10.1. The molecule has 0 spiro atoms. The van der Waals surface area contributed by atoms with Gasteiger partial charge in [-0.2, -0.15) is 18.3 Å². The highest BCUT2D eigenvalue weighted by Crippen LogP contribution is 2.31. The van der Waals surface area contributed by atoms with Crippen molar-refractivity contribution in [1.29, 1.82) is 0 Å². The van der Waals surface area contributed by atoms with Gasteiger partial charge in [-0.3, -0.25) is 9.89 Å². The van der Waals surface area contributed by atoms with E-state index < -0.39 is 11.7 Å². The number of benzene rings is 2. The van der Waals surface area contributed by atoms with Crippen LogP contribution in [0, 0.1) is 6.92 Å². The van der Waals surface area contributed by atoms with E-state index in [2.05, 4.69) is 25.5 Å². The Labute approximate surface area is 162 Å². The van der Waals surface area contributed by atoms with E-state index in [1.165, 1.54) is 18.5 Å². The van der Waals surface area contributed by atoms with Crippen molar-refractivity contribution in [3.8, 4) is 11.4 Å². The van der Waals surface area contributed by atoms with Crippen LogP contribution in [0.3, 0.4) is 0 Å². The molecule has 2 N–H and O–H groups in total. The van der Waals surface area contributed by atoms with Crippen LogP contribution in [-0.4, -0.2) is 26.1 Å². The number of nitrogens with one attached hydrogen (secondary N) is 2. The molecule has 0 radical (unpaired) electrons.